The topological polar surface area (TPSA) is 68.4 Å². The van der Waals surface area contributed by atoms with Gasteiger partial charge in [0.2, 0.25) is 11.8 Å². The molecule has 2 heterocycles. The van der Waals surface area contributed by atoms with Gasteiger partial charge in [0, 0.05) is 49.8 Å². The molecular formula is C20H28N4O2. The molecular weight excluding hydrogens is 328 g/mol. The molecule has 6 heteroatoms. The van der Waals surface area contributed by atoms with Crippen molar-refractivity contribution in [1.82, 2.24) is 20.1 Å². The van der Waals surface area contributed by atoms with Gasteiger partial charge in [0.05, 0.1) is 13.0 Å². The van der Waals surface area contributed by atoms with Gasteiger partial charge in [-0.1, -0.05) is 32.0 Å². The second-order valence-corrected chi connectivity index (χ2v) is 7.39. The summed E-state index contributed by atoms with van der Waals surface area (Å²) in [5, 5.41) is 4.06. The molecule has 1 aliphatic rings. The van der Waals surface area contributed by atoms with Crippen LogP contribution in [0.25, 0.3) is 10.9 Å². The Labute approximate surface area is 154 Å². The van der Waals surface area contributed by atoms with Crippen molar-refractivity contribution >= 4 is 22.7 Å². The number of nitrogens with zero attached hydrogens (tertiary/aromatic N) is 2. The summed E-state index contributed by atoms with van der Waals surface area (Å²) < 4.78 is 0. The van der Waals surface area contributed by atoms with E-state index in [9.17, 15) is 9.59 Å². The number of H-pyrrole nitrogens is 1. The zero-order chi connectivity index (χ0) is 18.5. The molecule has 6 nitrogen and oxygen atoms in total. The normalized spacial score (nSPS) is 15.6. The minimum atomic E-state index is 0.0669. The number of rotatable bonds is 6. The van der Waals surface area contributed by atoms with Crippen molar-refractivity contribution in [3.8, 4) is 0 Å². The molecule has 0 saturated carbocycles. The summed E-state index contributed by atoms with van der Waals surface area (Å²) in [6, 6.07) is 8.04. The van der Waals surface area contributed by atoms with Crippen LogP contribution in [0.2, 0.25) is 0 Å². The van der Waals surface area contributed by atoms with Crippen LogP contribution in [0.3, 0.4) is 0 Å². The molecule has 2 amide bonds. The molecule has 0 radical (unpaired) electrons. The van der Waals surface area contributed by atoms with Crippen molar-refractivity contribution in [2.75, 3.05) is 39.3 Å². The lowest BCUT2D eigenvalue weighted by Gasteiger charge is -2.34. The number of aromatic amines is 1. The molecule has 1 fully saturated rings. The van der Waals surface area contributed by atoms with Gasteiger partial charge in [0.25, 0.3) is 0 Å². The molecule has 2 N–H and O–H groups in total. The number of piperazine rings is 1. The first-order chi connectivity index (χ1) is 12.5. The van der Waals surface area contributed by atoms with E-state index in [1.165, 1.54) is 0 Å². The van der Waals surface area contributed by atoms with Crippen LogP contribution in [0.5, 0.6) is 0 Å². The molecule has 0 atom stereocenters. The lowest BCUT2D eigenvalue weighted by Crippen LogP contribution is -2.51. The number of amides is 2. The van der Waals surface area contributed by atoms with Gasteiger partial charge in [-0.25, -0.2) is 0 Å². The average molecular weight is 356 g/mol. The molecule has 3 rings (SSSR count). The Balaban J connectivity index is 1.47. The zero-order valence-corrected chi connectivity index (χ0v) is 15.6. The van der Waals surface area contributed by atoms with E-state index in [2.05, 4.69) is 29.0 Å². The van der Waals surface area contributed by atoms with Gasteiger partial charge < -0.3 is 15.2 Å². The number of hydrogen-bond acceptors (Lipinski definition) is 3. The van der Waals surface area contributed by atoms with E-state index < -0.39 is 0 Å². The summed E-state index contributed by atoms with van der Waals surface area (Å²) in [5.41, 5.74) is 2.11. The van der Waals surface area contributed by atoms with Gasteiger partial charge in [0.1, 0.15) is 0 Å². The van der Waals surface area contributed by atoms with Gasteiger partial charge in [0.15, 0.2) is 0 Å². The maximum atomic E-state index is 12.6. The van der Waals surface area contributed by atoms with E-state index in [1.54, 1.807) is 0 Å². The number of carbonyl (C=O) groups is 2. The first kappa shape index (κ1) is 18.5. The predicted molar refractivity (Wildman–Crippen MR) is 103 cm³/mol. The second-order valence-electron chi connectivity index (χ2n) is 7.39. The molecule has 0 unspecified atom stereocenters. The Hall–Kier alpha value is -2.34. The minimum Gasteiger partial charge on any atom is -0.361 e. The van der Waals surface area contributed by atoms with E-state index in [0.29, 0.717) is 38.5 Å². The first-order valence-corrected chi connectivity index (χ1v) is 9.34. The molecule has 0 spiro atoms. The number of fused-ring (bicyclic) bond motifs is 1. The van der Waals surface area contributed by atoms with Crippen molar-refractivity contribution in [2.24, 2.45) is 5.92 Å². The van der Waals surface area contributed by atoms with Crippen molar-refractivity contribution in [1.29, 1.82) is 0 Å². The average Bonchev–Trinajstić information content (AvgIpc) is 3.04. The Morgan fingerprint density at radius 2 is 1.88 bits per heavy atom. The first-order valence-electron chi connectivity index (χ1n) is 9.34. The maximum Gasteiger partial charge on any atom is 0.234 e. The summed E-state index contributed by atoms with van der Waals surface area (Å²) in [4.78, 5) is 31.8. The van der Waals surface area contributed by atoms with Gasteiger partial charge in [-0.15, -0.1) is 0 Å². The third-order valence-corrected chi connectivity index (χ3v) is 4.82. The number of aromatic nitrogens is 1. The molecule has 26 heavy (non-hydrogen) atoms. The quantitative estimate of drug-likeness (QED) is 0.827. The highest BCUT2D eigenvalue weighted by Gasteiger charge is 2.23. The van der Waals surface area contributed by atoms with Gasteiger partial charge >= 0.3 is 0 Å². The Kier molecular flexibility index (Phi) is 5.93. The van der Waals surface area contributed by atoms with Crippen molar-refractivity contribution < 1.29 is 9.59 Å². The maximum absolute atomic E-state index is 12.6. The van der Waals surface area contributed by atoms with Crippen molar-refractivity contribution in [2.45, 2.75) is 20.3 Å². The van der Waals surface area contributed by atoms with Crippen LogP contribution >= 0.6 is 0 Å². The molecule has 1 saturated heterocycles. The minimum absolute atomic E-state index is 0.0669. The van der Waals surface area contributed by atoms with Crippen LogP contribution in [0.4, 0.5) is 0 Å². The standard InChI is InChI=1S/C20H28N4O2/c1-15(2)12-22-19(25)14-23-7-9-24(10-8-23)20(26)11-16-13-21-18-6-4-3-5-17(16)18/h3-6,13,15,21H,7-12,14H2,1-2H3,(H,22,25). The number of benzene rings is 1. The van der Waals surface area contributed by atoms with Crippen LogP contribution in [-0.2, 0) is 16.0 Å². The third kappa shape index (κ3) is 4.64. The molecule has 140 valence electrons. The summed E-state index contributed by atoms with van der Waals surface area (Å²) in [7, 11) is 0. The van der Waals surface area contributed by atoms with Crippen LogP contribution in [0, 0.1) is 5.92 Å². The number of nitrogens with one attached hydrogen (secondary N) is 2. The lowest BCUT2D eigenvalue weighted by molar-refractivity contribution is -0.132. The molecule has 2 aromatic rings. The van der Waals surface area contributed by atoms with Crippen molar-refractivity contribution in [3.63, 3.8) is 0 Å². The van der Waals surface area contributed by atoms with Crippen LogP contribution in [0.15, 0.2) is 30.5 Å². The second kappa shape index (κ2) is 8.36. The highest BCUT2D eigenvalue weighted by atomic mass is 16.2. The highest BCUT2D eigenvalue weighted by molar-refractivity contribution is 5.89. The highest BCUT2D eigenvalue weighted by Crippen LogP contribution is 2.19. The SMILES string of the molecule is CC(C)CNC(=O)CN1CCN(C(=O)Cc2c[nH]c3ccccc23)CC1. The fourth-order valence-corrected chi connectivity index (χ4v) is 3.28. The van der Waals surface area contributed by atoms with E-state index in [1.807, 2.05) is 35.4 Å². The Morgan fingerprint density at radius 3 is 2.62 bits per heavy atom. The van der Waals surface area contributed by atoms with Gasteiger partial charge in [-0.05, 0) is 17.5 Å². The van der Waals surface area contributed by atoms with Crippen LogP contribution in [-0.4, -0.2) is 65.9 Å². The third-order valence-electron chi connectivity index (χ3n) is 4.82. The van der Waals surface area contributed by atoms with E-state index in [0.717, 1.165) is 29.6 Å². The lowest BCUT2D eigenvalue weighted by atomic mass is 10.1. The molecule has 1 aromatic carbocycles. The summed E-state index contributed by atoms with van der Waals surface area (Å²) in [6.45, 7) is 8.14. The summed E-state index contributed by atoms with van der Waals surface area (Å²) in [5.74, 6) is 0.675. The number of carbonyl (C=O) groups excluding carboxylic acids is 2. The van der Waals surface area contributed by atoms with Crippen LogP contribution in [0.1, 0.15) is 19.4 Å². The molecule has 1 aromatic heterocycles. The van der Waals surface area contributed by atoms with Crippen molar-refractivity contribution in [3.05, 3.63) is 36.0 Å². The molecule has 0 aliphatic carbocycles. The Bertz CT molecular complexity index is 760. The predicted octanol–water partition coefficient (Wildman–Crippen LogP) is 1.63. The van der Waals surface area contributed by atoms with E-state index in [-0.39, 0.29) is 11.8 Å². The zero-order valence-electron chi connectivity index (χ0n) is 15.6. The summed E-state index contributed by atoms with van der Waals surface area (Å²) in [6.07, 6.45) is 2.34. The monoisotopic (exact) mass is 356 g/mol. The van der Waals surface area contributed by atoms with Gasteiger partial charge in [-0.3, -0.25) is 14.5 Å². The fourth-order valence-electron chi connectivity index (χ4n) is 3.28. The van der Waals surface area contributed by atoms with E-state index in [4.69, 9.17) is 0 Å². The number of hydrogen-bond donors (Lipinski definition) is 2. The summed E-state index contributed by atoms with van der Waals surface area (Å²) >= 11 is 0. The largest absolute Gasteiger partial charge is 0.361 e. The number of para-hydroxylation sites is 1. The molecule has 1 aliphatic heterocycles. The smallest absolute Gasteiger partial charge is 0.234 e. The fraction of sp³-hybridized carbons (Fsp3) is 0.500. The van der Waals surface area contributed by atoms with Crippen LogP contribution < -0.4 is 5.32 Å². The van der Waals surface area contributed by atoms with Gasteiger partial charge in [-0.2, -0.15) is 0 Å². The van der Waals surface area contributed by atoms with E-state index >= 15 is 0 Å². The molecule has 0 bridgehead atoms. The Morgan fingerprint density at radius 1 is 1.15 bits per heavy atom.